The molecule has 3 aromatic carbocycles. The number of phosphoric ester groups is 1. The van der Waals surface area contributed by atoms with E-state index >= 15 is 0 Å². The topological polar surface area (TPSA) is 44.8 Å². The van der Waals surface area contributed by atoms with Gasteiger partial charge in [-0.05, 0) is 61.1 Å². The van der Waals surface area contributed by atoms with Crippen molar-refractivity contribution in [3.05, 3.63) is 90.0 Å². The number of hydrogen-bond donors (Lipinski definition) is 0. The van der Waals surface area contributed by atoms with E-state index in [4.69, 9.17) is 13.6 Å². The molecule has 164 valence electrons. The summed E-state index contributed by atoms with van der Waals surface area (Å²) in [5.41, 5.74) is 1.98. The molecule has 0 atom stereocenters. The molecule has 0 aliphatic rings. The van der Waals surface area contributed by atoms with Crippen molar-refractivity contribution in [2.24, 2.45) is 0 Å². The Morgan fingerprint density at radius 2 is 1.06 bits per heavy atom. The number of para-hydroxylation sites is 3. The maximum Gasteiger partial charge on any atom is 0.647 e. The van der Waals surface area contributed by atoms with Gasteiger partial charge in [0.05, 0.1) is 0 Å². The van der Waals surface area contributed by atoms with Gasteiger partial charge in [-0.15, -0.1) is 0 Å². The smallest absolute Gasteiger partial charge is 0.386 e. The molecule has 0 unspecified atom stereocenters. The Hall–Kier alpha value is -2.71. The molecule has 0 aliphatic heterocycles. The van der Waals surface area contributed by atoms with Gasteiger partial charge in [0.15, 0.2) is 0 Å². The molecule has 0 amide bonds. The molecule has 3 rings (SSSR count). The Kier molecular flexibility index (Phi) is 8.61. The highest BCUT2D eigenvalue weighted by atomic mass is 31.2. The zero-order chi connectivity index (χ0) is 21.9. The van der Waals surface area contributed by atoms with E-state index in [1.54, 1.807) is 12.1 Å². The summed E-state index contributed by atoms with van der Waals surface area (Å²) < 4.78 is 31.8. The molecule has 0 fully saturated rings. The van der Waals surface area contributed by atoms with Gasteiger partial charge in [0.2, 0.25) is 0 Å². The number of benzene rings is 3. The van der Waals surface area contributed by atoms with Crippen LogP contribution in [0.1, 0.15) is 50.7 Å². The monoisotopic (exact) mass is 438 g/mol. The second-order valence-corrected chi connectivity index (χ2v) is 8.90. The van der Waals surface area contributed by atoms with Crippen molar-refractivity contribution in [3.63, 3.8) is 0 Å². The molecule has 0 aromatic heterocycles. The summed E-state index contributed by atoms with van der Waals surface area (Å²) in [6.07, 6.45) is 5.84. The van der Waals surface area contributed by atoms with Crippen LogP contribution < -0.4 is 13.6 Å². The van der Waals surface area contributed by atoms with Crippen LogP contribution in [0.2, 0.25) is 0 Å². The molecule has 0 bridgehead atoms. The molecule has 0 spiro atoms. The van der Waals surface area contributed by atoms with E-state index in [0.717, 1.165) is 49.7 Å². The fourth-order valence-electron chi connectivity index (χ4n) is 3.24. The van der Waals surface area contributed by atoms with Gasteiger partial charge < -0.3 is 13.6 Å². The van der Waals surface area contributed by atoms with E-state index in [-0.39, 0.29) is 0 Å². The highest BCUT2D eigenvalue weighted by molar-refractivity contribution is 7.49. The second kappa shape index (κ2) is 11.6. The number of rotatable bonds is 12. The Morgan fingerprint density at radius 3 is 1.55 bits per heavy atom. The maximum absolute atomic E-state index is 13.9. The third kappa shape index (κ3) is 6.90. The van der Waals surface area contributed by atoms with Gasteiger partial charge >= 0.3 is 7.82 Å². The fourth-order valence-corrected chi connectivity index (χ4v) is 4.57. The minimum Gasteiger partial charge on any atom is -0.386 e. The average Bonchev–Trinajstić information content (AvgIpc) is 2.78. The lowest BCUT2D eigenvalue weighted by Gasteiger charge is -2.22. The molecular formula is C26H31O4P. The summed E-state index contributed by atoms with van der Waals surface area (Å²) in [6.45, 7) is 4.28. The van der Waals surface area contributed by atoms with Gasteiger partial charge in [0.25, 0.3) is 0 Å². The van der Waals surface area contributed by atoms with Crippen molar-refractivity contribution >= 4 is 7.82 Å². The van der Waals surface area contributed by atoms with Crippen molar-refractivity contribution in [1.82, 2.24) is 0 Å². The summed E-state index contributed by atoms with van der Waals surface area (Å²) in [6, 6.07) is 24.3. The van der Waals surface area contributed by atoms with Crippen LogP contribution in [-0.4, -0.2) is 0 Å². The zero-order valence-corrected chi connectivity index (χ0v) is 19.2. The molecule has 0 N–H and O–H groups in total. The van der Waals surface area contributed by atoms with E-state index in [2.05, 4.69) is 13.8 Å². The van der Waals surface area contributed by atoms with Crippen LogP contribution in [0.5, 0.6) is 17.2 Å². The van der Waals surface area contributed by atoms with E-state index in [0.29, 0.717) is 17.2 Å². The molecular weight excluding hydrogens is 407 g/mol. The molecule has 4 nitrogen and oxygen atoms in total. The van der Waals surface area contributed by atoms with Crippen LogP contribution in [0.15, 0.2) is 78.9 Å². The quantitative estimate of drug-likeness (QED) is 0.269. The van der Waals surface area contributed by atoms with Crippen LogP contribution in [0, 0.1) is 0 Å². The molecule has 0 saturated heterocycles. The molecule has 0 radical (unpaired) electrons. The Bertz CT molecular complexity index is 930. The number of hydrogen-bond acceptors (Lipinski definition) is 4. The zero-order valence-electron chi connectivity index (χ0n) is 18.3. The van der Waals surface area contributed by atoms with E-state index in [1.165, 1.54) is 0 Å². The first kappa shape index (κ1) is 23.0. The van der Waals surface area contributed by atoms with Crippen LogP contribution in [0.25, 0.3) is 0 Å². The van der Waals surface area contributed by atoms with Crippen LogP contribution in [0.4, 0.5) is 0 Å². The summed E-state index contributed by atoms with van der Waals surface area (Å²) in [5, 5.41) is 0. The second-order valence-electron chi connectivity index (χ2n) is 7.46. The summed E-state index contributed by atoms with van der Waals surface area (Å²) in [5.74, 6) is 1.49. The maximum atomic E-state index is 13.9. The predicted octanol–water partition coefficient (Wildman–Crippen LogP) is 8.02. The standard InChI is InChI=1S/C26H31O4P/c1-3-5-14-22-16-10-12-20-25(22)29-31(27,28-24-18-8-7-9-19-24)30-26-21-13-11-17-23(26)15-6-4-2/h7-13,16-21H,3-6,14-15H2,1-2H3. The number of phosphoric acid groups is 1. The van der Waals surface area contributed by atoms with Gasteiger partial charge in [-0.25, -0.2) is 0 Å². The third-order valence-corrected chi connectivity index (χ3v) is 6.20. The molecule has 0 heterocycles. The molecule has 3 aromatic rings. The van der Waals surface area contributed by atoms with E-state index in [9.17, 15) is 4.57 Å². The lowest BCUT2D eigenvalue weighted by atomic mass is 10.1. The van der Waals surface area contributed by atoms with Crippen molar-refractivity contribution in [1.29, 1.82) is 0 Å². The molecule has 0 aliphatic carbocycles. The first-order valence-corrected chi connectivity index (χ1v) is 12.5. The third-order valence-electron chi connectivity index (χ3n) is 4.93. The van der Waals surface area contributed by atoms with Gasteiger partial charge in [-0.1, -0.05) is 81.3 Å². The number of aryl methyl sites for hydroxylation is 2. The van der Waals surface area contributed by atoms with Crippen molar-refractivity contribution in [2.75, 3.05) is 0 Å². The number of unbranched alkanes of at least 4 members (excludes halogenated alkanes) is 2. The van der Waals surface area contributed by atoms with E-state index < -0.39 is 7.82 Å². The Labute approximate surface area is 185 Å². The van der Waals surface area contributed by atoms with Crippen LogP contribution in [0.3, 0.4) is 0 Å². The Balaban J connectivity index is 1.93. The van der Waals surface area contributed by atoms with Crippen molar-refractivity contribution < 1.29 is 18.1 Å². The highest BCUT2D eigenvalue weighted by Gasteiger charge is 2.34. The van der Waals surface area contributed by atoms with Gasteiger partial charge in [-0.2, -0.15) is 4.57 Å². The predicted molar refractivity (Wildman–Crippen MR) is 126 cm³/mol. The first-order valence-electron chi connectivity index (χ1n) is 11.0. The van der Waals surface area contributed by atoms with Crippen LogP contribution in [-0.2, 0) is 17.4 Å². The molecule has 31 heavy (non-hydrogen) atoms. The average molecular weight is 439 g/mol. The normalized spacial score (nSPS) is 11.2. The molecule has 5 heteroatoms. The molecule has 0 saturated carbocycles. The fraction of sp³-hybridized carbons (Fsp3) is 0.308. The minimum absolute atomic E-state index is 0.433. The van der Waals surface area contributed by atoms with Crippen molar-refractivity contribution in [3.8, 4) is 17.2 Å². The highest BCUT2D eigenvalue weighted by Crippen LogP contribution is 2.51. The van der Waals surface area contributed by atoms with Crippen molar-refractivity contribution in [2.45, 2.75) is 52.4 Å². The lowest BCUT2D eigenvalue weighted by molar-refractivity contribution is 0.296. The SMILES string of the molecule is CCCCc1ccccc1OP(=O)(Oc1ccccc1)Oc1ccccc1CCCC. The summed E-state index contributed by atoms with van der Waals surface area (Å²) in [7, 11) is -4.00. The Morgan fingerprint density at radius 1 is 0.613 bits per heavy atom. The van der Waals surface area contributed by atoms with Gasteiger partial charge in [-0.3, -0.25) is 0 Å². The van der Waals surface area contributed by atoms with Crippen LogP contribution >= 0.6 is 7.82 Å². The van der Waals surface area contributed by atoms with Gasteiger partial charge in [0, 0.05) is 0 Å². The summed E-state index contributed by atoms with van der Waals surface area (Å²) in [4.78, 5) is 0. The van der Waals surface area contributed by atoms with Gasteiger partial charge in [0.1, 0.15) is 17.2 Å². The largest absolute Gasteiger partial charge is 0.647 e. The first-order chi connectivity index (χ1) is 15.1. The lowest BCUT2D eigenvalue weighted by Crippen LogP contribution is -2.09. The summed E-state index contributed by atoms with van der Waals surface area (Å²) >= 11 is 0. The van der Waals surface area contributed by atoms with E-state index in [1.807, 2.05) is 66.7 Å². The minimum atomic E-state index is -4.00.